The molecule has 2 heterocycles. The number of ether oxygens (including phenoxy) is 2. The van der Waals surface area contributed by atoms with Crippen LogP contribution in [0.2, 0.25) is 51.9 Å². The maximum absolute atomic E-state index is 6.52. The maximum atomic E-state index is 6.52. The summed E-state index contributed by atoms with van der Waals surface area (Å²) in [6, 6.07) is 0.903. The van der Waals surface area contributed by atoms with Gasteiger partial charge in [-0.3, -0.25) is 0 Å². The summed E-state index contributed by atoms with van der Waals surface area (Å²) in [5.74, 6) is 0. The van der Waals surface area contributed by atoms with Gasteiger partial charge in [0.15, 0.2) is 0 Å². The van der Waals surface area contributed by atoms with Crippen LogP contribution < -0.4 is 0 Å². The molecular formula is C13H32O6Si4. The lowest BCUT2D eigenvalue weighted by atomic mass is 10.5. The molecular weight excluding hydrogens is 364 g/mol. The Hall–Kier alpha value is 0.628. The molecule has 2 saturated heterocycles. The first-order valence-corrected chi connectivity index (χ1v) is 19.4. The van der Waals surface area contributed by atoms with Gasteiger partial charge in [0.2, 0.25) is 0 Å². The van der Waals surface area contributed by atoms with Crippen molar-refractivity contribution in [3.8, 4) is 0 Å². The average Bonchev–Trinajstić information content (AvgIpc) is 3.04. The number of rotatable bonds is 6. The van der Waals surface area contributed by atoms with E-state index in [4.69, 9.17) is 25.9 Å². The van der Waals surface area contributed by atoms with Crippen molar-refractivity contribution in [1.82, 2.24) is 0 Å². The van der Waals surface area contributed by atoms with Crippen LogP contribution >= 0.6 is 0 Å². The Morgan fingerprint density at radius 1 is 0.826 bits per heavy atom. The predicted molar refractivity (Wildman–Crippen MR) is 98.4 cm³/mol. The molecule has 0 aromatic rings. The Morgan fingerprint density at radius 2 is 1.30 bits per heavy atom. The van der Waals surface area contributed by atoms with E-state index >= 15 is 0 Å². The highest BCUT2D eigenvalue weighted by molar-refractivity contribution is 6.93. The van der Waals surface area contributed by atoms with Crippen LogP contribution in [0.15, 0.2) is 0 Å². The third kappa shape index (κ3) is 7.18. The quantitative estimate of drug-likeness (QED) is 0.391. The fourth-order valence-corrected chi connectivity index (χ4v) is 24.8. The zero-order valence-electron chi connectivity index (χ0n) is 15.6. The molecule has 23 heavy (non-hydrogen) atoms. The second kappa shape index (κ2) is 7.09. The van der Waals surface area contributed by atoms with E-state index in [1.807, 2.05) is 0 Å². The van der Waals surface area contributed by atoms with Crippen LogP contribution in [-0.4, -0.2) is 60.2 Å². The molecule has 0 saturated carbocycles. The first-order chi connectivity index (χ1) is 10.4. The molecule has 10 heteroatoms. The topological polar surface area (TPSA) is 58.7 Å². The van der Waals surface area contributed by atoms with Gasteiger partial charge in [-0.15, -0.1) is 0 Å². The fourth-order valence-electron chi connectivity index (χ4n) is 3.28. The lowest BCUT2D eigenvalue weighted by Gasteiger charge is -2.47. The van der Waals surface area contributed by atoms with Crippen LogP contribution in [-0.2, 0) is 25.9 Å². The Bertz CT molecular complexity index is 391. The van der Waals surface area contributed by atoms with Crippen molar-refractivity contribution in [3.05, 3.63) is 0 Å². The van der Waals surface area contributed by atoms with Gasteiger partial charge in [-0.05, 0) is 58.3 Å². The average molecular weight is 397 g/mol. The van der Waals surface area contributed by atoms with Crippen molar-refractivity contribution in [1.29, 1.82) is 0 Å². The molecule has 2 aliphatic heterocycles. The van der Waals surface area contributed by atoms with Crippen LogP contribution in [0.4, 0.5) is 0 Å². The lowest BCUT2D eigenvalue weighted by molar-refractivity contribution is 0.115. The molecule has 0 aromatic heterocycles. The second-order valence-electron chi connectivity index (χ2n) is 7.88. The highest BCUT2D eigenvalue weighted by Gasteiger charge is 2.52. The van der Waals surface area contributed by atoms with E-state index in [1.54, 1.807) is 0 Å². The van der Waals surface area contributed by atoms with E-state index in [0.29, 0.717) is 12.7 Å². The number of hydrogen-bond donors (Lipinski definition) is 0. The Labute approximate surface area is 144 Å². The van der Waals surface area contributed by atoms with Crippen LogP contribution in [0.5, 0.6) is 0 Å². The Kier molecular flexibility index (Phi) is 6.15. The molecule has 0 N–H and O–H groups in total. The molecule has 0 spiro atoms. The van der Waals surface area contributed by atoms with E-state index in [2.05, 4.69) is 45.8 Å². The van der Waals surface area contributed by atoms with Crippen molar-refractivity contribution < 1.29 is 25.9 Å². The monoisotopic (exact) mass is 396 g/mol. The van der Waals surface area contributed by atoms with Gasteiger partial charge in [-0.25, -0.2) is 0 Å². The zero-order chi connectivity index (χ0) is 17.4. The van der Waals surface area contributed by atoms with Crippen molar-refractivity contribution in [2.45, 2.75) is 64.4 Å². The first kappa shape index (κ1) is 19.9. The summed E-state index contributed by atoms with van der Waals surface area (Å²) in [6.45, 7) is 17.0. The molecule has 1 atom stereocenters. The number of hydrogen-bond acceptors (Lipinski definition) is 6. The SMILES string of the molecule is C[Si]1(C)O[Si](C)(C)O[Si](C)(CCCOCC2CO2)O[Si](C)(C)O1. The Balaban J connectivity index is 1.93. The van der Waals surface area contributed by atoms with Gasteiger partial charge in [-0.1, -0.05) is 0 Å². The summed E-state index contributed by atoms with van der Waals surface area (Å²) in [7, 11) is -9.02. The molecule has 0 aliphatic carbocycles. The summed E-state index contributed by atoms with van der Waals surface area (Å²) in [4.78, 5) is 0. The molecule has 0 aromatic carbocycles. The third-order valence-corrected chi connectivity index (χ3v) is 20.0. The van der Waals surface area contributed by atoms with Gasteiger partial charge in [-0.2, -0.15) is 0 Å². The van der Waals surface area contributed by atoms with E-state index in [9.17, 15) is 0 Å². The molecule has 136 valence electrons. The summed E-state index contributed by atoms with van der Waals surface area (Å²) in [5.41, 5.74) is 0. The molecule has 2 rings (SSSR count). The van der Waals surface area contributed by atoms with Crippen molar-refractivity contribution in [2.75, 3.05) is 19.8 Å². The smallest absolute Gasteiger partial charge is 0.317 e. The van der Waals surface area contributed by atoms with Gasteiger partial charge in [0.05, 0.1) is 13.2 Å². The molecule has 2 fully saturated rings. The van der Waals surface area contributed by atoms with Crippen molar-refractivity contribution in [2.24, 2.45) is 0 Å². The van der Waals surface area contributed by atoms with Crippen LogP contribution in [0.25, 0.3) is 0 Å². The van der Waals surface area contributed by atoms with Gasteiger partial charge in [0.1, 0.15) is 6.10 Å². The largest absolute Gasteiger partial charge is 0.416 e. The number of epoxide rings is 1. The summed E-state index contributed by atoms with van der Waals surface area (Å²) < 4.78 is 36.5. The van der Waals surface area contributed by atoms with E-state index in [-0.39, 0.29) is 0 Å². The van der Waals surface area contributed by atoms with Gasteiger partial charge in [0, 0.05) is 6.61 Å². The van der Waals surface area contributed by atoms with Crippen molar-refractivity contribution in [3.63, 3.8) is 0 Å². The molecule has 1 unspecified atom stereocenters. The van der Waals surface area contributed by atoms with E-state index in [0.717, 1.165) is 25.7 Å². The van der Waals surface area contributed by atoms with Crippen LogP contribution in [0.3, 0.4) is 0 Å². The summed E-state index contributed by atoms with van der Waals surface area (Å²) in [5, 5.41) is 0. The van der Waals surface area contributed by atoms with E-state index in [1.165, 1.54) is 0 Å². The fraction of sp³-hybridized carbons (Fsp3) is 1.00. The van der Waals surface area contributed by atoms with E-state index < -0.39 is 34.2 Å². The van der Waals surface area contributed by atoms with Gasteiger partial charge >= 0.3 is 34.2 Å². The zero-order valence-corrected chi connectivity index (χ0v) is 19.6. The summed E-state index contributed by atoms with van der Waals surface area (Å²) >= 11 is 0. The molecule has 0 amide bonds. The molecule has 6 nitrogen and oxygen atoms in total. The lowest BCUT2D eigenvalue weighted by Crippen LogP contribution is -2.65. The minimum absolute atomic E-state index is 0.323. The highest BCUT2D eigenvalue weighted by atomic mass is 28.5. The van der Waals surface area contributed by atoms with Crippen LogP contribution in [0, 0.1) is 0 Å². The second-order valence-corrected chi connectivity index (χ2v) is 22.3. The first-order valence-electron chi connectivity index (χ1n) is 8.40. The van der Waals surface area contributed by atoms with Gasteiger partial charge in [0.25, 0.3) is 0 Å². The minimum atomic E-state index is -2.33. The summed E-state index contributed by atoms with van der Waals surface area (Å²) in [6.07, 6.45) is 1.26. The maximum Gasteiger partial charge on any atom is 0.317 e. The highest BCUT2D eigenvalue weighted by Crippen LogP contribution is 2.32. The van der Waals surface area contributed by atoms with Crippen molar-refractivity contribution >= 4 is 34.2 Å². The van der Waals surface area contributed by atoms with Crippen LogP contribution in [0.1, 0.15) is 6.42 Å². The standard InChI is InChI=1S/C13H32O6Si4/c1-20(2)16-21(3,4)18-23(7,19-22(5,6)17-20)10-8-9-14-11-13-12-15-13/h13H,8-12H2,1-7H3. The molecule has 2 aliphatic rings. The molecule has 0 radical (unpaired) electrons. The Morgan fingerprint density at radius 3 is 1.78 bits per heavy atom. The minimum Gasteiger partial charge on any atom is -0.416 e. The third-order valence-electron chi connectivity index (χ3n) is 3.53. The predicted octanol–water partition coefficient (Wildman–Crippen LogP) is 3.05. The van der Waals surface area contributed by atoms with Gasteiger partial charge < -0.3 is 25.9 Å². The molecule has 0 bridgehead atoms. The normalized spacial score (nSPS) is 31.2.